The Hall–Kier alpha value is -1.54. The van der Waals surface area contributed by atoms with Crippen LogP contribution in [0.4, 0.5) is 4.79 Å². The Morgan fingerprint density at radius 1 is 1.44 bits per heavy atom. The van der Waals surface area contributed by atoms with E-state index in [-0.39, 0.29) is 24.9 Å². The van der Waals surface area contributed by atoms with E-state index in [0.29, 0.717) is 5.76 Å². The quantitative estimate of drug-likeness (QED) is 0.762. The minimum atomic E-state index is -3.42. The Bertz CT molecular complexity index is 467. The lowest BCUT2D eigenvalue weighted by molar-refractivity contribution is 0.218. The summed E-state index contributed by atoms with van der Waals surface area (Å²) in [6, 6.07) is 3.04. The van der Waals surface area contributed by atoms with E-state index in [0.717, 1.165) is 0 Å². The molecular formula is C10H17N3O4S. The molecule has 0 radical (unpaired) electrons. The topological polar surface area (TPSA) is 91.7 Å². The van der Waals surface area contributed by atoms with Crippen LogP contribution in [0.25, 0.3) is 0 Å². The van der Waals surface area contributed by atoms with E-state index >= 15 is 0 Å². The average Bonchev–Trinajstić information content (AvgIpc) is 2.79. The molecule has 1 heterocycles. The highest BCUT2D eigenvalue weighted by Gasteiger charge is 2.11. The van der Waals surface area contributed by atoms with Gasteiger partial charge in [-0.1, -0.05) is 0 Å². The largest absolute Gasteiger partial charge is 0.468 e. The van der Waals surface area contributed by atoms with Crippen LogP contribution in [0.3, 0.4) is 0 Å². The summed E-state index contributed by atoms with van der Waals surface area (Å²) in [6.07, 6.45) is 1.47. The lowest BCUT2D eigenvalue weighted by Gasteiger charge is -2.12. The minimum Gasteiger partial charge on any atom is -0.468 e. The maximum absolute atomic E-state index is 11.6. The molecule has 0 spiro atoms. The van der Waals surface area contributed by atoms with Crippen molar-refractivity contribution in [2.24, 2.45) is 0 Å². The molecule has 0 fully saturated rings. The van der Waals surface area contributed by atoms with E-state index in [9.17, 15) is 13.2 Å². The maximum Gasteiger partial charge on any atom is 0.316 e. The van der Waals surface area contributed by atoms with Crippen LogP contribution >= 0.6 is 0 Å². The van der Waals surface area contributed by atoms with Crippen LogP contribution in [0.1, 0.15) is 5.76 Å². The van der Waals surface area contributed by atoms with Gasteiger partial charge in [-0.25, -0.2) is 17.9 Å². The van der Waals surface area contributed by atoms with E-state index in [1.165, 1.54) is 11.2 Å². The number of hydrogen-bond acceptors (Lipinski definition) is 4. The third-order valence-electron chi connectivity index (χ3n) is 2.10. The number of nitrogens with zero attached hydrogens (tertiary/aromatic N) is 1. The molecule has 0 bridgehead atoms. The second-order valence-electron chi connectivity index (χ2n) is 3.85. The van der Waals surface area contributed by atoms with Crippen molar-refractivity contribution in [1.29, 1.82) is 0 Å². The van der Waals surface area contributed by atoms with Crippen molar-refractivity contribution < 1.29 is 17.6 Å². The first kappa shape index (κ1) is 14.5. The van der Waals surface area contributed by atoms with Crippen LogP contribution in [0.2, 0.25) is 0 Å². The van der Waals surface area contributed by atoms with E-state index in [1.807, 2.05) is 0 Å². The van der Waals surface area contributed by atoms with Gasteiger partial charge < -0.3 is 14.6 Å². The zero-order chi connectivity index (χ0) is 13.6. The van der Waals surface area contributed by atoms with E-state index in [1.54, 1.807) is 26.2 Å². The number of rotatable bonds is 6. The van der Waals surface area contributed by atoms with Crippen molar-refractivity contribution in [2.75, 3.05) is 26.4 Å². The van der Waals surface area contributed by atoms with Gasteiger partial charge in [0.15, 0.2) is 0 Å². The summed E-state index contributed by atoms with van der Waals surface area (Å²) in [5.74, 6) is 0.365. The van der Waals surface area contributed by atoms with Gasteiger partial charge in [0.1, 0.15) is 5.76 Å². The molecule has 8 heteroatoms. The number of carbonyl (C=O) groups excluding carboxylic acids is 1. The van der Waals surface area contributed by atoms with E-state index < -0.39 is 10.0 Å². The van der Waals surface area contributed by atoms with Gasteiger partial charge >= 0.3 is 6.03 Å². The first-order valence-electron chi connectivity index (χ1n) is 5.35. The second-order valence-corrected chi connectivity index (χ2v) is 5.77. The lowest BCUT2D eigenvalue weighted by Crippen LogP contribution is -2.39. The van der Waals surface area contributed by atoms with Gasteiger partial charge in [-0.15, -0.1) is 0 Å². The normalized spacial score (nSPS) is 11.2. The SMILES string of the molecule is CN(C)C(=O)NCCS(=O)(=O)NCc1ccco1. The molecule has 0 aliphatic carbocycles. The van der Waals surface area contributed by atoms with Crippen LogP contribution in [0.15, 0.2) is 22.8 Å². The molecular weight excluding hydrogens is 258 g/mol. The molecule has 18 heavy (non-hydrogen) atoms. The average molecular weight is 275 g/mol. The highest BCUT2D eigenvalue weighted by molar-refractivity contribution is 7.89. The number of sulfonamides is 1. The van der Waals surface area contributed by atoms with Crippen molar-refractivity contribution in [1.82, 2.24) is 14.9 Å². The minimum absolute atomic E-state index is 0.0600. The second kappa shape index (κ2) is 6.41. The van der Waals surface area contributed by atoms with Crippen LogP contribution in [-0.4, -0.2) is 45.7 Å². The molecule has 2 N–H and O–H groups in total. The first-order valence-corrected chi connectivity index (χ1v) is 7.01. The molecule has 0 atom stereocenters. The number of carbonyl (C=O) groups is 1. The molecule has 1 rings (SSSR count). The summed E-state index contributed by atoms with van der Waals surface area (Å²) < 4.78 is 30.5. The zero-order valence-corrected chi connectivity index (χ0v) is 11.2. The monoisotopic (exact) mass is 275 g/mol. The van der Waals surface area contributed by atoms with E-state index in [4.69, 9.17) is 4.42 Å². The van der Waals surface area contributed by atoms with Crippen molar-refractivity contribution in [3.63, 3.8) is 0 Å². The Morgan fingerprint density at radius 2 is 2.17 bits per heavy atom. The van der Waals surface area contributed by atoms with Crippen LogP contribution in [0.5, 0.6) is 0 Å². The van der Waals surface area contributed by atoms with Crippen LogP contribution in [-0.2, 0) is 16.6 Å². The fourth-order valence-corrected chi connectivity index (χ4v) is 1.99. The highest BCUT2D eigenvalue weighted by Crippen LogP contribution is 1.99. The number of amides is 2. The smallest absolute Gasteiger partial charge is 0.316 e. The summed E-state index contributed by atoms with van der Waals surface area (Å²) in [5, 5.41) is 2.48. The molecule has 0 aliphatic heterocycles. The number of hydrogen-bond donors (Lipinski definition) is 2. The molecule has 0 saturated heterocycles. The molecule has 1 aromatic heterocycles. The molecule has 0 aliphatic rings. The molecule has 0 aromatic carbocycles. The Balaban J connectivity index is 2.30. The summed E-state index contributed by atoms with van der Waals surface area (Å²) in [4.78, 5) is 12.5. The summed E-state index contributed by atoms with van der Waals surface area (Å²) in [7, 11) is -0.258. The van der Waals surface area contributed by atoms with Gasteiger partial charge in [-0.05, 0) is 12.1 Å². The first-order chi connectivity index (χ1) is 8.41. The maximum atomic E-state index is 11.6. The van der Waals surface area contributed by atoms with Crippen molar-refractivity contribution in [3.05, 3.63) is 24.2 Å². The molecule has 102 valence electrons. The predicted octanol–water partition coefficient (Wildman–Crippen LogP) is -0.0298. The van der Waals surface area contributed by atoms with Crippen molar-refractivity contribution in [2.45, 2.75) is 6.54 Å². The molecule has 2 amide bonds. The predicted molar refractivity (Wildman–Crippen MR) is 66.4 cm³/mol. The molecule has 0 unspecified atom stereocenters. The molecule has 1 aromatic rings. The standard InChI is InChI=1S/C10H17N3O4S/c1-13(2)10(14)11-5-7-18(15,16)12-8-9-4-3-6-17-9/h3-4,6,12H,5,7-8H2,1-2H3,(H,11,14). The van der Waals surface area contributed by atoms with Crippen molar-refractivity contribution >= 4 is 16.1 Å². The third kappa shape index (κ3) is 5.19. The Kier molecular flexibility index (Phi) is 5.17. The van der Waals surface area contributed by atoms with Gasteiger partial charge in [0, 0.05) is 20.6 Å². The van der Waals surface area contributed by atoms with Gasteiger partial charge in [0.2, 0.25) is 10.0 Å². The third-order valence-corrected chi connectivity index (χ3v) is 3.43. The zero-order valence-electron chi connectivity index (χ0n) is 10.3. The Labute approximate surface area is 106 Å². The lowest BCUT2D eigenvalue weighted by atomic mass is 10.5. The number of furan rings is 1. The number of urea groups is 1. The highest BCUT2D eigenvalue weighted by atomic mass is 32.2. The van der Waals surface area contributed by atoms with Gasteiger partial charge in [-0.2, -0.15) is 0 Å². The van der Waals surface area contributed by atoms with Gasteiger partial charge in [0.05, 0.1) is 18.6 Å². The molecule has 7 nitrogen and oxygen atoms in total. The summed E-state index contributed by atoms with van der Waals surface area (Å²) in [5.41, 5.74) is 0. The van der Waals surface area contributed by atoms with E-state index in [2.05, 4.69) is 10.0 Å². The fourth-order valence-electron chi connectivity index (χ4n) is 1.12. The van der Waals surface area contributed by atoms with Crippen molar-refractivity contribution in [3.8, 4) is 0 Å². The fraction of sp³-hybridized carbons (Fsp3) is 0.500. The van der Waals surface area contributed by atoms with Crippen LogP contribution < -0.4 is 10.0 Å². The summed E-state index contributed by atoms with van der Waals surface area (Å²) in [6.45, 7) is 0.168. The Morgan fingerprint density at radius 3 is 2.72 bits per heavy atom. The molecule has 0 saturated carbocycles. The van der Waals surface area contributed by atoms with Crippen LogP contribution in [0, 0.1) is 0 Å². The van der Waals surface area contributed by atoms with Gasteiger partial charge in [-0.3, -0.25) is 0 Å². The van der Waals surface area contributed by atoms with Gasteiger partial charge in [0.25, 0.3) is 0 Å². The summed E-state index contributed by atoms with van der Waals surface area (Å²) >= 11 is 0. The number of nitrogens with one attached hydrogen (secondary N) is 2.